The number of fused-ring (bicyclic) bond motifs is 1. The second-order valence-corrected chi connectivity index (χ2v) is 4.92. The average molecular weight is 207 g/mol. The molecule has 0 saturated carbocycles. The van der Waals surface area contributed by atoms with Crippen molar-refractivity contribution in [1.82, 2.24) is 5.32 Å². The lowest BCUT2D eigenvalue weighted by atomic mass is 9.92. The number of hydrogen-bond acceptors (Lipinski definition) is 2. The number of likely N-dealkylation sites (N-methyl/N-ethyl adjacent to an activating group) is 1. The van der Waals surface area contributed by atoms with Crippen molar-refractivity contribution < 1.29 is 0 Å². The average Bonchev–Trinajstić information content (AvgIpc) is 2.57. The predicted molar refractivity (Wildman–Crippen MR) is 63.1 cm³/mol. The zero-order valence-corrected chi connectivity index (χ0v) is 9.49. The van der Waals surface area contributed by atoms with Gasteiger partial charge in [-0.05, 0) is 43.3 Å². The molecule has 1 atom stereocenters. The Labute approximate surface area is 89.8 Å². The smallest absolute Gasteiger partial charge is 0.0181 e. The zero-order valence-electron chi connectivity index (χ0n) is 8.68. The molecule has 1 heterocycles. The normalized spacial score (nSPS) is 21.8. The molecule has 14 heavy (non-hydrogen) atoms. The molecule has 0 spiro atoms. The molecule has 2 heteroatoms. The molecule has 76 valence electrons. The molecule has 0 radical (unpaired) electrons. The Kier molecular flexibility index (Phi) is 3.04. The van der Waals surface area contributed by atoms with E-state index in [1.54, 1.807) is 4.88 Å². The molecule has 2 rings (SSSR count). The van der Waals surface area contributed by atoms with Crippen LogP contribution in [0.5, 0.6) is 0 Å². The molecule has 0 fully saturated rings. The van der Waals surface area contributed by atoms with Crippen LogP contribution in [0.4, 0.5) is 0 Å². The molecule has 1 aromatic heterocycles. The fraction of sp³-hybridized carbons (Fsp3) is 0.500. The summed E-state index contributed by atoms with van der Waals surface area (Å²) in [5.41, 5.74) is 2.92. The Bertz CT molecular complexity index is 327. The molecular formula is C12H17NS. The largest absolute Gasteiger partial charge is 0.319 e. The van der Waals surface area contributed by atoms with Gasteiger partial charge < -0.3 is 5.32 Å². The van der Waals surface area contributed by atoms with Gasteiger partial charge in [0.15, 0.2) is 0 Å². The lowest BCUT2D eigenvalue weighted by Crippen LogP contribution is -2.18. The highest BCUT2D eigenvalue weighted by Gasteiger charge is 2.21. The fourth-order valence-electron chi connectivity index (χ4n) is 2.19. The van der Waals surface area contributed by atoms with E-state index in [9.17, 15) is 0 Å². The van der Waals surface area contributed by atoms with Crippen LogP contribution in [-0.4, -0.2) is 13.6 Å². The zero-order chi connectivity index (χ0) is 9.97. The van der Waals surface area contributed by atoms with Gasteiger partial charge in [-0.25, -0.2) is 0 Å². The maximum atomic E-state index is 4.22. The second-order valence-electron chi connectivity index (χ2n) is 3.92. The third kappa shape index (κ3) is 1.77. The lowest BCUT2D eigenvalue weighted by molar-refractivity contribution is 0.679. The molecule has 1 aromatic rings. The van der Waals surface area contributed by atoms with Crippen molar-refractivity contribution in [2.75, 3.05) is 13.6 Å². The first-order valence-corrected chi connectivity index (χ1v) is 6.09. The minimum absolute atomic E-state index is 0.545. The van der Waals surface area contributed by atoms with E-state index in [4.69, 9.17) is 0 Å². The summed E-state index contributed by atoms with van der Waals surface area (Å²) in [6, 6.07) is 2.28. The van der Waals surface area contributed by atoms with Gasteiger partial charge in [-0.2, -0.15) is 0 Å². The van der Waals surface area contributed by atoms with Gasteiger partial charge in [0.1, 0.15) is 0 Å². The Morgan fingerprint density at radius 1 is 1.57 bits per heavy atom. The molecule has 0 aliphatic heterocycles. The van der Waals surface area contributed by atoms with Crippen molar-refractivity contribution in [3.63, 3.8) is 0 Å². The van der Waals surface area contributed by atoms with Crippen LogP contribution in [-0.2, 0) is 6.42 Å². The first kappa shape index (κ1) is 9.94. The van der Waals surface area contributed by atoms with Crippen molar-refractivity contribution in [1.29, 1.82) is 0 Å². The molecule has 0 saturated heterocycles. The van der Waals surface area contributed by atoms with Crippen molar-refractivity contribution >= 4 is 11.3 Å². The highest BCUT2D eigenvalue weighted by atomic mass is 32.1. The first-order valence-electron chi connectivity index (χ1n) is 5.21. The summed E-state index contributed by atoms with van der Waals surface area (Å²) in [5.74, 6) is 0.545. The van der Waals surface area contributed by atoms with E-state index in [-0.39, 0.29) is 0 Å². The van der Waals surface area contributed by atoms with Crippen LogP contribution in [0.1, 0.15) is 29.2 Å². The van der Waals surface area contributed by atoms with E-state index in [2.05, 4.69) is 23.3 Å². The van der Waals surface area contributed by atoms with Gasteiger partial charge in [0.25, 0.3) is 0 Å². The Morgan fingerprint density at radius 3 is 3.21 bits per heavy atom. The summed E-state index contributed by atoms with van der Waals surface area (Å²) in [4.78, 5) is 1.57. The maximum absolute atomic E-state index is 4.22. The van der Waals surface area contributed by atoms with Crippen molar-refractivity contribution in [3.05, 3.63) is 34.0 Å². The van der Waals surface area contributed by atoms with Gasteiger partial charge >= 0.3 is 0 Å². The van der Waals surface area contributed by atoms with Crippen LogP contribution < -0.4 is 5.32 Å². The molecule has 1 N–H and O–H groups in total. The Balaban J connectivity index is 2.31. The van der Waals surface area contributed by atoms with Gasteiger partial charge in [0, 0.05) is 17.3 Å². The topological polar surface area (TPSA) is 12.0 Å². The summed E-state index contributed by atoms with van der Waals surface area (Å²) in [7, 11) is 2.02. The molecule has 1 aliphatic rings. The van der Waals surface area contributed by atoms with E-state index in [0.717, 1.165) is 6.54 Å². The summed E-state index contributed by atoms with van der Waals surface area (Å²) in [6.45, 7) is 5.25. The summed E-state index contributed by atoms with van der Waals surface area (Å²) in [5, 5.41) is 5.48. The molecule has 0 aromatic carbocycles. The highest BCUT2D eigenvalue weighted by Crippen LogP contribution is 2.35. The first-order chi connectivity index (χ1) is 6.83. The van der Waals surface area contributed by atoms with Gasteiger partial charge in [-0.3, -0.25) is 0 Å². The number of nitrogens with one attached hydrogen (secondary N) is 1. The monoisotopic (exact) mass is 207 g/mol. The van der Waals surface area contributed by atoms with Crippen LogP contribution >= 0.6 is 11.3 Å². The molecule has 0 bridgehead atoms. The van der Waals surface area contributed by atoms with E-state index < -0.39 is 0 Å². The van der Waals surface area contributed by atoms with E-state index in [0.29, 0.717) is 5.92 Å². The number of hydrogen-bond donors (Lipinski definition) is 1. The third-order valence-corrected chi connectivity index (χ3v) is 3.95. The molecule has 1 unspecified atom stereocenters. The summed E-state index contributed by atoms with van der Waals surface area (Å²) >= 11 is 1.90. The Hall–Kier alpha value is -0.600. The number of thiophene rings is 1. The fourth-order valence-corrected chi connectivity index (χ4v) is 3.18. The van der Waals surface area contributed by atoms with Crippen molar-refractivity contribution in [2.24, 2.45) is 0 Å². The number of aryl methyl sites for hydroxylation is 1. The van der Waals surface area contributed by atoms with Gasteiger partial charge in [0.2, 0.25) is 0 Å². The summed E-state index contributed by atoms with van der Waals surface area (Å²) in [6.07, 6.45) is 3.70. The minimum Gasteiger partial charge on any atom is -0.319 e. The third-order valence-electron chi connectivity index (χ3n) is 2.96. The minimum atomic E-state index is 0.545. The van der Waals surface area contributed by atoms with Crippen LogP contribution in [0.2, 0.25) is 0 Å². The standard InChI is InChI=1S/C12H17NS/c1-9-4-3-5-12-10(6-7-14-12)11(9)8-13-2/h6-7,11,13H,1,3-5,8H2,2H3. The van der Waals surface area contributed by atoms with Crippen molar-refractivity contribution in [3.8, 4) is 0 Å². The molecule has 0 amide bonds. The SMILES string of the molecule is C=C1CCCc2sccc2C1CNC. The van der Waals surface area contributed by atoms with Gasteiger partial charge in [0.05, 0.1) is 0 Å². The van der Waals surface area contributed by atoms with Crippen LogP contribution in [0.25, 0.3) is 0 Å². The van der Waals surface area contributed by atoms with Crippen LogP contribution in [0, 0.1) is 0 Å². The van der Waals surface area contributed by atoms with Crippen molar-refractivity contribution in [2.45, 2.75) is 25.2 Å². The van der Waals surface area contributed by atoms with E-state index >= 15 is 0 Å². The molecule has 1 nitrogen and oxygen atoms in total. The van der Waals surface area contributed by atoms with Gasteiger partial charge in [-0.15, -0.1) is 11.3 Å². The number of rotatable bonds is 2. The Morgan fingerprint density at radius 2 is 2.43 bits per heavy atom. The molecule has 1 aliphatic carbocycles. The quantitative estimate of drug-likeness (QED) is 0.581. The molecular weight excluding hydrogens is 190 g/mol. The maximum Gasteiger partial charge on any atom is 0.0181 e. The van der Waals surface area contributed by atoms with Crippen LogP contribution in [0.15, 0.2) is 23.6 Å². The predicted octanol–water partition coefficient (Wildman–Crippen LogP) is 2.94. The lowest BCUT2D eigenvalue weighted by Gasteiger charge is -2.17. The highest BCUT2D eigenvalue weighted by molar-refractivity contribution is 7.10. The second kappa shape index (κ2) is 4.28. The van der Waals surface area contributed by atoms with E-state index in [1.165, 1.54) is 30.4 Å². The van der Waals surface area contributed by atoms with Gasteiger partial charge in [-0.1, -0.05) is 12.2 Å². The van der Waals surface area contributed by atoms with E-state index in [1.807, 2.05) is 18.4 Å². The summed E-state index contributed by atoms with van der Waals surface area (Å²) < 4.78 is 0. The van der Waals surface area contributed by atoms with Crippen LogP contribution in [0.3, 0.4) is 0 Å².